The Balaban J connectivity index is 5.04. The van der Waals surface area contributed by atoms with Gasteiger partial charge in [0, 0.05) is 17.0 Å². The molecule has 0 spiro atoms. The summed E-state index contributed by atoms with van der Waals surface area (Å²) in [6.07, 6.45) is 0.627. The Morgan fingerprint density at radius 2 is 1.62 bits per heavy atom. The Morgan fingerprint density at radius 3 is 1.95 bits per heavy atom. The number of hydrogen-bond donors (Lipinski definition) is 2. The molecule has 0 heterocycles. The van der Waals surface area contributed by atoms with Gasteiger partial charge >= 0.3 is 0 Å². The molecule has 0 aromatic rings. The highest BCUT2D eigenvalue weighted by Crippen LogP contribution is 2.32. The number of amides is 1. The van der Waals surface area contributed by atoms with Gasteiger partial charge in [-0.05, 0) is 47.7 Å². The van der Waals surface area contributed by atoms with Gasteiger partial charge in [0.15, 0.2) is 0 Å². The van der Waals surface area contributed by atoms with Crippen LogP contribution in [-0.2, 0) is 9.22 Å². The highest BCUT2D eigenvalue weighted by molar-refractivity contribution is 6.82. The number of rotatable bonds is 7. The second kappa shape index (κ2) is 6.36. The fourth-order valence-corrected chi connectivity index (χ4v) is 5.99. The minimum Gasteiger partial charge on any atom is -0.412 e. The molecule has 0 aliphatic rings. The van der Waals surface area contributed by atoms with Crippen molar-refractivity contribution in [1.29, 1.82) is 0 Å². The predicted molar refractivity (Wildman–Crippen MR) is 94.2 cm³/mol. The molecule has 6 heteroatoms. The highest BCUT2D eigenvalue weighted by atomic mass is 28.4. The summed E-state index contributed by atoms with van der Waals surface area (Å²) in [6.45, 7) is 21.6. The van der Waals surface area contributed by atoms with Crippen molar-refractivity contribution in [3.05, 3.63) is 12.2 Å². The van der Waals surface area contributed by atoms with E-state index in [-0.39, 0.29) is 11.1 Å². The van der Waals surface area contributed by atoms with Crippen LogP contribution in [0.2, 0.25) is 26.2 Å². The molecule has 0 bridgehead atoms. The first-order valence-electron chi connectivity index (χ1n) is 7.40. The molecule has 124 valence electrons. The molecule has 0 aromatic heterocycles. The van der Waals surface area contributed by atoms with Crippen LogP contribution < -0.4 is 5.32 Å². The summed E-state index contributed by atoms with van der Waals surface area (Å²) in [4.78, 5) is 11.7. The minimum absolute atomic E-state index is 0.106. The smallest absolute Gasteiger partial charge is 0.246 e. The molecule has 0 aromatic carbocycles. The van der Waals surface area contributed by atoms with E-state index in [0.29, 0.717) is 11.7 Å². The Kier molecular flexibility index (Phi) is 6.23. The van der Waals surface area contributed by atoms with Crippen LogP contribution in [0.15, 0.2) is 12.2 Å². The van der Waals surface area contributed by atoms with E-state index in [2.05, 4.69) is 38.8 Å². The van der Waals surface area contributed by atoms with Gasteiger partial charge in [0.1, 0.15) is 8.07 Å². The van der Waals surface area contributed by atoms with Crippen LogP contribution in [0.1, 0.15) is 34.6 Å². The Bertz CT molecular complexity index is 410. The van der Waals surface area contributed by atoms with Gasteiger partial charge in [-0.2, -0.15) is 0 Å². The van der Waals surface area contributed by atoms with Gasteiger partial charge in [-0.15, -0.1) is 0 Å². The van der Waals surface area contributed by atoms with E-state index in [1.54, 1.807) is 6.92 Å². The normalized spacial score (nSPS) is 14.0. The zero-order valence-corrected chi connectivity index (χ0v) is 17.2. The number of carbonyl (C=O) groups excluding carboxylic acids is 1. The topological polar surface area (TPSA) is 58.6 Å². The van der Waals surface area contributed by atoms with E-state index in [4.69, 9.17) is 4.43 Å². The Labute approximate surface area is 132 Å². The molecule has 2 N–H and O–H groups in total. The zero-order valence-electron chi connectivity index (χ0n) is 15.2. The van der Waals surface area contributed by atoms with Gasteiger partial charge in [0.05, 0.1) is 5.22 Å². The average Bonchev–Trinajstić information content (AvgIpc) is 2.22. The monoisotopic (exact) mass is 331 g/mol. The van der Waals surface area contributed by atoms with Gasteiger partial charge in [0.25, 0.3) is 0 Å². The van der Waals surface area contributed by atoms with Crippen LogP contribution >= 0.6 is 0 Å². The maximum Gasteiger partial charge on any atom is 0.246 e. The lowest BCUT2D eigenvalue weighted by Crippen LogP contribution is -2.65. The van der Waals surface area contributed by atoms with Gasteiger partial charge in [-0.3, -0.25) is 4.79 Å². The van der Waals surface area contributed by atoms with Crippen LogP contribution in [0.3, 0.4) is 0 Å². The van der Waals surface area contributed by atoms with E-state index >= 15 is 0 Å². The first-order chi connectivity index (χ1) is 9.03. The van der Waals surface area contributed by atoms with Crippen LogP contribution in [0.5, 0.6) is 0 Å². The minimum atomic E-state index is -2.27. The van der Waals surface area contributed by atoms with Crippen LogP contribution in [-0.4, -0.2) is 44.0 Å². The third-order valence-electron chi connectivity index (χ3n) is 4.69. The summed E-state index contributed by atoms with van der Waals surface area (Å²) < 4.78 is 6.42. The lowest BCUT2D eigenvalue weighted by molar-refractivity contribution is -0.117. The molecule has 0 rings (SSSR count). The molecule has 0 saturated carbocycles. The Morgan fingerprint density at radius 1 is 1.19 bits per heavy atom. The summed E-state index contributed by atoms with van der Waals surface area (Å²) >= 11 is 0. The second-order valence-electron chi connectivity index (χ2n) is 8.03. The van der Waals surface area contributed by atoms with Gasteiger partial charge < -0.3 is 14.8 Å². The summed E-state index contributed by atoms with van der Waals surface area (Å²) in [5, 5.41) is 12.1. The quantitative estimate of drug-likeness (QED) is 0.557. The summed E-state index contributed by atoms with van der Waals surface area (Å²) in [5.74, 6) is -0.106. The largest absolute Gasteiger partial charge is 0.412 e. The standard InChI is InChI=1S/C15H33NO3Si2/c1-12(2)13(17)16-11-20(7,8)15(5,6)19-21(9,10)14(3,4)18/h18H,1,11H2,2-10H3,(H,16,17). The molecule has 0 fully saturated rings. The molecular weight excluding hydrogens is 298 g/mol. The van der Waals surface area contributed by atoms with Crippen molar-refractivity contribution < 1.29 is 14.3 Å². The SMILES string of the molecule is C=C(C)C(=O)NC[Si](C)(C)C(C)(C)O[Si](C)(C)C(C)(C)O. The fourth-order valence-electron chi connectivity index (χ4n) is 1.57. The van der Waals surface area contributed by atoms with Crippen molar-refractivity contribution >= 4 is 22.3 Å². The maximum absolute atomic E-state index is 11.7. The third-order valence-corrected chi connectivity index (χ3v) is 13.3. The lowest BCUT2D eigenvalue weighted by Gasteiger charge is -2.48. The van der Waals surface area contributed by atoms with Crippen molar-refractivity contribution in [1.82, 2.24) is 5.32 Å². The average molecular weight is 332 g/mol. The van der Waals surface area contributed by atoms with Gasteiger partial charge in [0.2, 0.25) is 14.2 Å². The van der Waals surface area contributed by atoms with Crippen molar-refractivity contribution in [2.45, 2.75) is 71.3 Å². The van der Waals surface area contributed by atoms with Gasteiger partial charge in [-0.1, -0.05) is 19.7 Å². The van der Waals surface area contributed by atoms with E-state index in [9.17, 15) is 9.90 Å². The van der Waals surface area contributed by atoms with Crippen molar-refractivity contribution in [3.63, 3.8) is 0 Å². The van der Waals surface area contributed by atoms with E-state index in [1.165, 1.54) is 0 Å². The number of aliphatic hydroxyl groups is 1. The first kappa shape index (κ1) is 20.6. The summed E-state index contributed by atoms with van der Waals surface area (Å²) in [7, 11) is -4.17. The van der Waals surface area contributed by atoms with Crippen LogP contribution in [0.4, 0.5) is 0 Å². The van der Waals surface area contributed by atoms with Crippen molar-refractivity contribution in [3.8, 4) is 0 Å². The third kappa shape index (κ3) is 5.36. The fraction of sp³-hybridized carbons (Fsp3) is 0.800. The highest BCUT2D eigenvalue weighted by Gasteiger charge is 2.49. The van der Waals surface area contributed by atoms with Crippen molar-refractivity contribution in [2.75, 3.05) is 6.17 Å². The van der Waals surface area contributed by atoms with Gasteiger partial charge in [-0.25, -0.2) is 0 Å². The van der Waals surface area contributed by atoms with E-state index < -0.39 is 21.6 Å². The van der Waals surface area contributed by atoms with E-state index in [0.717, 1.165) is 0 Å². The number of carbonyl (C=O) groups is 1. The van der Waals surface area contributed by atoms with E-state index in [1.807, 2.05) is 26.9 Å². The second-order valence-corrected chi connectivity index (χ2v) is 17.8. The lowest BCUT2D eigenvalue weighted by atomic mass is 10.3. The molecule has 1 amide bonds. The summed E-state index contributed by atoms with van der Waals surface area (Å²) in [6, 6.07) is 0. The first-order valence-corrected chi connectivity index (χ1v) is 13.5. The predicted octanol–water partition coefficient (Wildman–Crippen LogP) is 2.78. The van der Waals surface area contributed by atoms with Crippen LogP contribution in [0, 0.1) is 0 Å². The number of hydrogen-bond acceptors (Lipinski definition) is 3. The molecule has 0 unspecified atom stereocenters. The van der Waals surface area contributed by atoms with Crippen molar-refractivity contribution in [2.24, 2.45) is 0 Å². The molecule has 21 heavy (non-hydrogen) atoms. The number of nitrogens with one attached hydrogen (secondary N) is 1. The van der Waals surface area contributed by atoms with Crippen LogP contribution in [0.25, 0.3) is 0 Å². The zero-order chi connectivity index (χ0) is 17.3. The molecule has 0 atom stereocenters. The maximum atomic E-state index is 11.7. The molecule has 0 aliphatic heterocycles. The molecule has 0 saturated heterocycles. The molecule has 0 radical (unpaired) electrons. The molecule has 4 nitrogen and oxygen atoms in total. The molecular formula is C15H33NO3Si2. The summed E-state index contributed by atoms with van der Waals surface area (Å²) in [5.41, 5.74) is 0.518. The Hall–Kier alpha value is -0.436. The molecule has 0 aliphatic carbocycles.